The van der Waals surface area contributed by atoms with Crippen LogP contribution in [-0.2, 0) is 4.79 Å². The van der Waals surface area contributed by atoms with E-state index in [1.165, 1.54) is 0 Å². The maximum absolute atomic E-state index is 12.9. The van der Waals surface area contributed by atoms with E-state index in [1.54, 1.807) is 0 Å². The normalized spacial score (nSPS) is 15.7. The van der Waals surface area contributed by atoms with Gasteiger partial charge in [0.2, 0.25) is 0 Å². The lowest BCUT2D eigenvalue weighted by Gasteiger charge is -2.37. The Labute approximate surface area is 160 Å². The first-order valence-corrected chi connectivity index (χ1v) is 9.48. The summed E-state index contributed by atoms with van der Waals surface area (Å²) in [5.74, 6) is 0.853. The fourth-order valence-corrected chi connectivity index (χ4v) is 3.40. The molecule has 1 aliphatic rings. The molecule has 0 saturated carbocycles. The molecule has 3 rings (SSSR count). The average molecular weight is 373 g/mol. The minimum atomic E-state index is -0.436. The second-order valence-corrected chi connectivity index (χ2v) is 7.01. The third-order valence-electron chi connectivity index (χ3n) is 4.77. The molecule has 4 nitrogen and oxygen atoms in total. The van der Waals surface area contributed by atoms with Crippen molar-refractivity contribution in [3.05, 3.63) is 59.1 Å². The Kier molecular flexibility index (Phi) is 6.04. The number of para-hydroxylation sites is 1. The van der Waals surface area contributed by atoms with Crippen LogP contribution in [0.15, 0.2) is 48.5 Å². The topological polar surface area (TPSA) is 32.8 Å². The Morgan fingerprint density at radius 3 is 2.50 bits per heavy atom. The van der Waals surface area contributed by atoms with Crippen molar-refractivity contribution in [3.63, 3.8) is 0 Å². The second kappa shape index (κ2) is 8.45. The number of aryl methyl sites for hydroxylation is 1. The van der Waals surface area contributed by atoms with Gasteiger partial charge < -0.3 is 14.5 Å². The van der Waals surface area contributed by atoms with Gasteiger partial charge in [0.05, 0.1) is 0 Å². The molecule has 0 spiro atoms. The molecule has 0 bridgehead atoms. The van der Waals surface area contributed by atoms with Crippen LogP contribution in [0.25, 0.3) is 0 Å². The van der Waals surface area contributed by atoms with Gasteiger partial charge in [0.25, 0.3) is 5.91 Å². The second-order valence-electron chi connectivity index (χ2n) is 6.57. The van der Waals surface area contributed by atoms with Crippen LogP contribution in [0.2, 0.25) is 5.02 Å². The van der Waals surface area contributed by atoms with E-state index in [0.29, 0.717) is 19.5 Å². The van der Waals surface area contributed by atoms with Gasteiger partial charge in [-0.3, -0.25) is 4.79 Å². The summed E-state index contributed by atoms with van der Waals surface area (Å²) in [7, 11) is 0. The lowest BCUT2D eigenvalue weighted by Crippen LogP contribution is -2.52. The maximum atomic E-state index is 12.9. The molecule has 1 saturated heterocycles. The predicted octanol–water partition coefficient (Wildman–Crippen LogP) is 4.15. The maximum Gasteiger partial charge on any atom is 0.263 e. The Morgan fingerprint density at radius 2 is 1.85 bits per heavy atom. The largest absolute Gasteiger partial charge is 0.480 e. The summed E-state index contributed by atoms with van der Waals surface area (Å²) in [5, 5.41) is 0.735. The number of rotatable bonds is 5. The van der Waals surface area contributed by atoms with Gasteiger partial charge in [0, 0.05) is 36.9 Å². The summed E-state index contributed by atoms with van der Waals surface area (Å²) in [4.78, 5) is 17.1. The molecule has 1 amide bonds. The number of hydrogen-bond acceptors (Lipinski definition) is 3. The standard InChI is InChI=1S/C21H25ClN2O2/c1-3-19(26-20-10-5-4-7-16(20)2)21(25)24-13-11-23(12-14-24)18-9-6-8-17(22)15-18/h4-10,15,19H,3,11-14H2,1-2H3/t19-/m1/s1. The Bertz CT molecular complexity index is 757. The molecule has 1 heterocycles. The van der Waals surface area contributed by atoms with Gasteiger partial charge in [-0.05, 0) is 43.2 Å². The minimum Gasteiger partial charge on any atom is -0.480 e. The molecule has 0 N–H and O–H groups in total. The monoisotopic (exact) mass is 372 g/mol. The van der Waals surface area contributed by atoms with Gasteiger partial charge >= 0.3 is 0 Å². The minimum absolute atomic E-state index is 0.0708. The smallest absolute Gasteiger partial charge is 0.263 e. The number of piperazine rings is 1. The van der Waals surface area contributed by atoms with E-state index >= 15 is 0 Å². The summed E-state index contributed by atoms with van der Waals surface area (Å²) in [6, 6.07) is 15.7. The van der Waals surface area contributed by atoms with Crippen molar-refractivity contribution in [2.45, 2.75) is 26.4 Å². The molecule has 0 aliphatic carbocycles. The molecule has 5 heteroatoms. The number of amides is 1. The van der Waals surface area contributed by atoms with Crippen LogP contribution in [0.4, 0.5) is 5.69 Å². The lowest BCUT2D eigenvalue weighted by molar-refractivity contribution is -0.139. The lowest BCUT2D eigenvalue weighted by atomic mass is 10.2. The van der Waals surface area contributed by atoms with Gasteiger partial charge in [-0.15, -0.1) is 0 Å². The SMILES string of the molecule is CC[C@@H](Oc1ccccc1C)C(=O)N1CCN(c2cccc(Cl)c2)CC1. The fraction of sp³-hybridized carbons (Fsp3) is 0.381. The number of nitrogens with zero attached hydrogens (tertiary/aromatic N) is 2. The van der Waals surface area contributed by atoms with E-state index in [1.807, 2.05) is 61.2 Å². The molecule has 2 aromatic carbocycles. The fourth-order valence-electron chi connectivity index (χ4n) is 3.21. The summed E-state index contributed by atoms with van der Waals surface area (Å²) in [6.07, 6.45) is 0.218. The summed E-state index contributed by atoms with van der Waals surface area (Å²) >= 11 is 6.09. The van der Waals surface area contributed by atoms with Gasteiger partial charge in [-0.1, -0.05) is 42.8 Å². The summed E-state index contributed by atoms with van der Waals surface area (Å²) < 4.78 is 6.01. The van der Waals surface area contributed by atoms with Gasteiger partial charge in [-0.25, -0.2) is 0 Å². The van der Waals surface area contributed by atoms with Crippen LogP contribution in [0, 0.1) is 6.92 Å². The van der Waals surface area contributed by atoms with Crippen molar-refractivity contribution >= 4 is 23.2 Å². The molecular formula is C21H25ClN2O2. The van der Waals surface area contributed by atoms with E-state index in [4.69, 9.17) is 16.3 Å². The third kappa shape index (κ3) is 4.31. The van der Waals surface area contributed by atoms with Crippen molar-refractivity contribution < 1.29 is 9.53 Å². The van der Waals surface area contributed by atoms with Crippen molar-refractivity contribution in [2.24, 2.45) is 0 Å². The highest BCUT2D eigenvalue weighted by Crippen LogP contribution is 2.22. The summed E-state index contributed by atoms with van der Waals surface area (Å²) in [6.45, 7) is 6.97. The van der Waals surface area contributed by atoms with Crippen molar-refractivity contribution in [3.8, 4) is 5.75 Å². The highest BCUT2D eigenvalue weighted by molar-refractivity contribution is 6.30. The van der Waals surface area contributed by atoms with Crippen LogP contribution in [0.1, 0.15) is 18.9 Å². The van der Waals surface area contributed by atoms with Gasteiger partial charge in [0.1, 0.15) is 5.75 Å². The molecule has 0 unspecified atom stereocenters. The van der Waals surface area contributed by atoms with Crippen molar-refractivity contribution in [2.75, 3.05) is 31.1 Å². The van der Waals surface area contributed by atoms with Crippen LogP contribution < -0.4 is 9.64 Å². The molecule has 1 aliphatic heterocycles. The van der Waals surface area contributed by atoms with E-state index in [9.17, 15) is 4.79 Å². The van der Waals surface area contributed by atoms with Crippen LogP contribution >= 0.6 is 11.6 Å². The zero-order valence-electron chi connectivity index (χ0n) is 15.3. The van der Waals surface area contributed by atoms with Gasteiger partial charge in [0.15, 0.2) is 6.10 Å². The Morgan fingerprint density at radius 1 is 1.12 bits per heavy atom. The van der Waals surface area contributed by atoms with E-state index in [0.717, 1.165) is 35.1 Å². The molecule has 0 aromatic heterocycles. The van der Waals surface area contributed by atoms with E-state index < -0.39 is 6.10 Å². The van der Waals surface area contributed by atoms with Crippen molar-refractivity contribution in [1.29, 1.82) is 0 Å². The molecule has 1 fully saturated rings. The predicted molar refractivity (Wildman–Crippen MR) is 106 cm³/mol. The number of benzene rings is 2. The first-order valence-electron chi connectivity index (χ1n) is 9.10. The van der Waals surface area contributed by atoms with Gasteiger partial charge in [-0.2, -0.15) is 0 Å². The molecule has 1 atom stereocenters. The van der Waals surface area contributed by atoms with E-state index in [-0.39, 0.29) is 5.91 Å². The number of halogens is 1. The summed E-state index contributed by atoms with van der Waals surface area (Å²) in [5.41, 5.74) is 2.15. The molecule has 0 radical (unpaired) electrons. The van der Waals surface area contributed by atoms with Crippen LogP contribution in [-0.4, -0.2) is 43.1 Å². The zero-order valence-corrected chi connectivity index (χ0v) is 16.1. The number of carbonyl (C=O) groups excluding carboxylic acids is 1. The quantitative estimate of drug-likeness (QED) is 0.790. The van der Waals surface area contributed by atoms with E-state index in [2.05, 4.69) is 11.0 Å². The average Bonchev–Trinajstić information content (AvgIpc) is 2.67. The highest BCUT2D eigenvalue weighted by Gasteiger charge is 2.28. The van der Waals surface area contributed by atoms with Crippen molar-refractivity contribution in [1.82, 2.24) is 4.90 Å². The first-order chi connectivity index (χ1) is 12.6. The molecular weight excluding hydrogens is 348 g/mol. The highest BCUT2D eigenvalue weighted by atomic mass is 35.5. The zero-order chi connectivity index (χ0) is 18.5. The van der Waals surface area contributed by atoms with Crippen LogP contribution in [0.5, 0.6) is 5.75 Å². The number of carbonyl (C=O) groups is 1. The molecule has 138 valence electrons. The number of hydrogen-bond donors (Lipinski definition) is 0. The molecule has 26 heavy (non-hydrogen) atoms. The number of ether oxygens (including phenoxy) is 1. The first kappa shape index (κ1) is 18.6. The third-order valence-corrected chi connectivity index (χ3v) is 5.01. The Balaban J connectivity index is 1.60. The van der Waals surface area contributed by atoms with Crippen LogP contribution in [0.3, 0.4) is 0 Å². The Hall–Kier alpha value is -2.20. The number of anilines is 1. The molecule has 2 aromatic rings.